The topological polar surface area (TPSA) is 91.7 Å². The van der Waals surface area contributed by atoms with Gasteiger partial charge in [-0.25, -0.2) is 4.68 Å². The van der Waals surface area contributed by atoms with Gasteiger partial charge in [0.05, 0.1) is 32.9 Å². The number of carbonyl (C=O) groups is 1. The first-order valence-electron chi connectivity index (χ1n) is 8.12. The van der Waals surface area contributed by atoms with E-state index in [-0.39, 0.29) is 12.5 Å². The molecule has 0 aliphatic carbocycles. The van der Waals surface area contributed by atoms with Crippen molar-refractivity contribution in [1.82, 2.24) is 9.78 Å². The van der Waals surface area contributed by atoms with Crippen molar-refractivity contribution in [3.05, 3.63) is 52.9 Å². The summed E-state index contributed by atoms with van der Waals surface area (Å²) in [6.07, 6.45) is 1.51. The van der Waals surface area contributed by atoms with E-state index in [9.17, 15) is 9.59 Å². The van der Waals surface area contributed by atoms with E-state index in [0.717, 1.165) is 4.68 Å². The first-order chi connectivity index (χ1) is 13.1. The smallest absolute Gasteiger partial charge is 0.279 e. The van der Waals surface area contributed by atoms with Gasteiger partial charge >= 0.3 is 0 Å². The Kier molecular flexibility index (Phi) is 5.25. The fourth-order valence-electron chi connectivity index (χ4n) is 2.73. The van der Waals surface area contributed by atoms with Crippen LogP contribution in [0.1, 0.15) is 0 Å². The molecule has 2 aromatic carbocycles. The van der Waals surface area contributed by atoms with Crippen LogP contribution in [-0.2, 0) is 11.3 Å². The van der Waals surface area contributed by atoms with Crippen LogP contribution in [0.3, 0.4) is 0 Å². The molecule has 140 valence electrons. The fourth-order valence-corrected chi connectivity index (χ4v) is 2.73. The normalized spacial score (nSPS) is 10.5. The molecule has 0 fully saturated rings. The van der Waals surface area contributed by atoms with E-state index in [2.05, 4.69) is 10.4 Å². The highest BCUT2D eigenvalue weighted by Gasteiger charge is 2.16. The summed E-state index contributed by atoms with van der Waals surface area (Å²) < 4.78 is 16.8. The molecule has 0 atom stereocenters. The highest BCUT2D eigenvalue weighted by molar-refractivity contribution is 5.92. The Morgan fingerprint density at radius 3 is 2.63 bits per heavy atom. The van der Waals surface area contributed by atoms with Gasteiger partial charge in [0.1, 0.15) is 12.3 Å². The molecular formula is C19H19N3O5. The number of methoxy groups -OCH3 is 3. The molecule has 1 amide bonds. The van der Waals surface area contributed by atoms with Gasteiger partial charge in [-0.15, -0.1) is 0 Å². The number of rotatable bonds is 6. The van der Waals surface area contributed by atoms with Crippen molar-refractivity contribution in [2.45, 2.75) is 6.54 Å². The second-order valence-corrected chi connectivity index (χ2v) is 5.65. The van der Waals surface area contributed by atoms with E-state index in [0.29, 0.717) is 33.7 Å². The van der Waals surface area contributed by atoms with E-state index < -0.39 is 5.56 Å². The molecule has 0 radical (unpaired) electrons. The highest BCUT2D eigenvalue weighted by Crippen LogP contribution is 2.32. The van der Waals surface area contributed by atoms with Crippen LogP contribution >= 0.6 is 0 Å². The molecule has 8 heteroatoms. The largest absolute Gasteiger partial charge is 0.497 e. The number of anilines is 1. The number of hydrogen-bond donors (Lipinski definition) is 1. The zero-order valence-corrected chi connectivity index (χ0v) is 15.2. The summed E-state index contributed by atoms with van der Waals surface area (Å²) in [5.74, 6) is 0.967. The lowest BCUT2D eigenvalue weighted by Crippen LogP contribution is -2.29. The van der Waals surface area contributed by atoms with Gasteiger partial charge in [0.2, 0.25) is 5.91 Å². The Hall–Kier alpha value is -3.55. The SMILES string of the molecule is COc1cccc(NC(=O)Cn2ncc3ccc(OC)c(OC)c3c2=O)c1. The standard InChI is InChI=1S/C19H19N3O5/c1-25-14-6-4-5-13(9-14)21-16(23)11-22-19(24)17-12(10-20-22)7-8-15(26-2)18(17)27-3/h4-10H,11H2,1-3H3,(H,21,23). The number of ether oxygens (including phenoxy) is 3. The molecule has 0 spiro atoms. The van der Waals surface area contributed by atoms with E-state index >= 15 is 0 Å². The van der Waals surface area contributed by atoms with Crippen LogP contribution in [0, 0.1) is 0 Å². The number of hydrogen-bond acceptors (Lipinski definition) is 6. The monoisotopic (exact) mass is 369 g/mol. The predicted octanol–water partition coefficient (Wildman–Crippen LogP) is 2.06. The Labute approximate surface area is 155 Å². The number of carbonyl (C=O) groups excluding carboxylic acids is 1. The molecule has 3 aromatic rings. The van der Waals surface area contributed by atoms with Crippen LogP contribution < -0.4 is 25.1 Å². The molecule has 0 saturated heterocycles. The molecule has 0 unspecified atom stereocenters. The second-order valence-electron chi connectivity index (χ2n) is 5.65. The molecule has 0 aliphatic rings. The Morgan fingerprint density at radius 1 is 1.11 bits per heavy atom. The van der Waals surface area contributed by atoms with Crippen molar-refractivity contribution >= 4 is 22.4 Å². The number of benzene rings is 2. The minimum Gasteiger partial charge on any atom is -0.497 e. The number of amides is 1. The van der Waals surface area contributed by atoms with E-state index in [1.54, 1.807) is 43.5 Å². The molecular weight excluding hydrogens is 350 g/mol. The zero-order valence-electron chi connectivity index (χ0n) is 15.2. The molecule has 0 bridgehead atoms. The summed E-state index contributed by atoms with van der Waals surface area (Å²) in [5, 5.41) is 7.70. The molecule has 0 saturated carbocycles. The minimum absolute atomic E-state index is 0.244. The van der Waals surface area contributed by atoms with Crippen LogP contribution in [0.4, 0.5) is 5.69 Å². The Morgan fingerprint density at radius 2 is 1.93 bits per heavy atom. The van der Waals surface area contributed by atoms with Gasteiger partial charge < -0.3 is 19.5 Å². The van der Waals surface area contributed by atoms with Crippen molar-refractivity contribution in [3.8, 4) is 17.2 Å². The zero-order chi connectivity index (χ0) is 19.4. The van der Waals surface area contributed by atoms with Gasteiger partial charge in [-0.05, 0) is 24.3 Å². The van der Waals surface area contributed by atoms with Crippen LogP contribution in [0.15, 0.2) is 47.4 Å². The first-order valence-corrected chi connectivity index (χ1v) is 8.12. The molecule has 3 rings (SSSR count). The minimum atomic E-state index is -0.441. The highest BCUT2D eigenvalue weighted by atomic mass is 16.5. The number of fused-ring (bicyclic) bond motifs is 1. The quantitative estimate of drug-likeness (QED) is 0.715. The summed E-state index contributed by atoms with van der Waals surface area (Å²) >= 11 is 0. The number of nitrogens with zero attached hydrogens (tertiary/aromatic N) is 2. The lowest BCUT2D eigenvalue weighted by molar-refractivity contribution is -0.117. The molecule has 1 aromatic heterocycles. The van der Waals surface area contributed by atoms with Gasteiger partial charge in [0.25, 0.3) is 5.56 Å². The maximum atomic E-state index is 12.8. The second kappa shape index (κ2) is 7.77. The molecule has 8 nitrogen and oxygen atoms in total. The third kappa shape index (κ3) is 3.69. The van der Waals surface area contributed by atoms with E-state index in [1.165, 1.54) is 20.4 Å². The van der Waals surface area contributed by atoms with Gasteiger partial charge in [-0.3, -0.25) is 9.59 Å². The summed E-state index contributed by atoms with van der Waals surface area (Å²) in [4.78, 5) is 25.2. The van der Waals surface area contributed by atoms with Crippen molar-refractivity contribution in [1.29, 1.82) is 0 Å². The van der Waals surface area contributed by atoms with Crippen LogP contribution in [-0.4, -0.2) is 37.0 Å². The van der Waals surface area contributed by atoms with Crippen LogP contribution in [0.5, 0.6) is 17.2 Å². The number of nitrogens with one attached hydrogen (secondary N) is 1. The summed E-state index contributed by atoms with van der Waals surface area (Å²) in [7, 11) is 4.49. The Bertz CT molecular complexity index is 1050. The van der Waals surface area contributed by atoms with Crippen LogP contribution in [0.2, 0.25) is 0 Å². The van der Waals surface area contributed by atoms with Crippen molar-refractivity contribution in [2.24, 2.45) is 0 Å². The third-order valence-corrected chi connectivity index (χ3v) is 4.01. The molecule has 27 heavy (non-hydrogen) atoms. The fraction of sp³-hybridized carbons (Fsp3) is 0.211. The van der Waals surface area contributed by atoms with Gasteiger partial charge in [-0.1, -0.05) is 6.07 Å². The van der Waals surface area contributed by atoms with Crippen molar-refractivity contribution in [3.63, 3.8) is 0 Å². The van der Waals surface area contributed by atoms with Gasteiger partial charge in [0.15, 0.2) is 11.5 Å². The number of aromatic nitrogens is 2. The maximum Gasteiger partial charge on any atom is 0.279 e. The molecule has 1 N–H and O–H groups in total. The third-order valence-electron chi connectivity index (χ3n) is 4.01. The van der Waals surface area contributed by atoms with Gasteiger partial charge in [-0.2, -0.15) is 5.10 Å². The van der Waals surface area contributed by atoms with Gasteiger partial charge in [0, 0.05) is 17.1 Å². The summed E-state index contributed by atoms with van der Waals surface area (Å²) in [6, 6.07) is 10.3. The Balaban J connectivity index is 1.91. The van der Waals surface area contributed by atoms with E-state index in [4.69, 9.17) is 14.2 Å². The average molecular weight is 369 g/mol. The lowest BCUT2D eigenvalue weighted by Gasteiger charge is -2.12. The average Bonchev–Trinajstić information content (AvgIpc) is 2.69. The van der Waals surface area contributed by atoms with Crippen molar-refractivity contribution < 1.29 is 19.0 Å². The molecule has 1 heterocycles. The summed E-state index contributed by atoms with van der Waals surface area (Å²) in [6.45, 7) is -0.244. The van der Waals surface area contributed by atoms with E-state index in [1.807, 2.05) is 0 Å². The van der Waals surface area contributed by atoms with Crippen molar-refractivity contribution in [2.75, 3.05) is 26.6 Å². The predicted molar refractivity (Wildman–Crippen MR) is 101 cm³/mol. The first kappa shape index (κ1) is 18.2. The summed E-state index contributed by atoms with van der Waals surface area (Å²) in [5.41, 5.74) is 0.122. The van der Waals surface area contributed by atoms with Crippen LogP contribution in [0.25, 0.3) is 10.8 Å². The maximum absolute atomic E-state index is 12.8. The molecule has 0 aliphatic heterocycles. The lowest BCUT2D eigenvalue weighted by atomic mass is 10.1.